The van der Waals surface area contributed by atoms with Crippen LogP contribution in [0, 0.1) is 0 Å². The number of methoxy groups -OCH3 is 5. The van der Waals surface area contributed by atoms with Gasteiger partial charge in [-0.15, -0.1) is 0 Å². The van der Waals surface area contributed by atoms with Crippen LogP contribution in [0.5, 0.6) is 28.7 Å². The van der Waals surface area contributed by atoms with Gasteiger partial charge in [0, 0.05) is 25.2 Å². The van der Waals surface area contributed by atoms with Gasteiger partial charge in [-0.2, -0.15) is 0 Å². The number of urea groups is 1. The number of amides is 2. The fraction of sp³-hybridized carbons (Fsp3) is 0.269. The van der Waals surface area contributed by atoms with Crippen molar-refractivity contribution in [2.75, 3.05) is 40.9 Å². The highest BCUT2D eigenvalue weighted by Crippen LogP contribution is 2.40. The number of benzene rings is 3. The van der Waals surface area contributed by atoms with Gasteiger partial charge in [0.2, 0.25) is 5.75 Å². The zero-order valence-electron chi connectivity index (χ0n) is 20.1. The van der Waals surface area contributed by atoms with E-state index in [9.17, 15) is 4.79 Å². The van der Waals surface area contributed by atoms with Crippen molar-refractivity contribution in [3.63, 3.8) is 0 Å². The number of hydrogen-bond acceptors (Lipinski definition) is 6. The molecule has 8 nitrogen and oxygen atoms in total. The third kappa shape index (κ3) is 6.04. The molecule has 34 heavy (non-hydrogen) atoms. The maximum Gasteiger partial charge on any atom is 0.322 e. The number of hydrogen-bond donors (Lipinski definition) is 1. The molecular formula is C26H30N2O6. The minimum Gasteiger partial charge on any atom is -0.497 e. The molecule has 1 N–H and O–H groups in total. The second kappa shape index (κ2) is 11.7. The average Bonchev–Trinajstić information content (AvgIpc) is 2.88. The van der Waals surface area contributed by atoms with Crippen LogP contribution in [0.15, 0.2) is 60.7 Å². The molecular weight excluding hydrogens is 436 g/mol. The highest BCUT2D eigenvalue weighted by Gasteiger charge is 2.19. The summed E-state index contributed by atoms with van der Waals surface area (Å²) >= 11 is 0. The Morgan fingerprint density at radius 2 is 1.12 bits per heavy atom. The van der Waals surface area contributed by atoms with Gasteiger partial charge in [-0.25, -0.2) is 4.79 Å². The lowest BCUT2D eigenvalue weighted by Gasteiger charge is -2.24. The predicted octanol–water partition coefficient (Wildman–Crippen LogP) is 4.96. The van der Waals surface area contributed by atoms with Crippen LogP contribution in [0.4, 0.5) is 10.5 Å². The van der Waals surface area contributed by atoms with Crippen LogP contribution < -0.4 is 29.0 Å². The number of ether oxygens (including phenoxy) is 5. The lowest BCUT2D eigenvalue weighted by molar-refractivity contribution is 0.206. The van der Waals surface area contributed by atoms with Gasteiger partial charge in [0.25, 0.3) is 0 Å². The number of rotatable bonds is 10. The molecule has 0 spiro atoms. The summed E-state index contributed by atoms with van der Waals surface area (Å²) < 4.78 is 26.7. The summed E-state index contributed by atoms with van der Waals surface area (Å²) in [5, 5.41) is 2.95. The Kier molecular flexibility index (Phi) is 8.45. The first kappa shape index (κ1) is 24.6. The Bertz CT molecular complexity index is 1010. The molecule has 0 saturated carbocycles. The van der Waals surface area contributed by atoms with Crippen LogP contribution in [0.2, 0.25) is 0 Å². The van der Waals surface area contributed by atoms with Crippen molar-refractivity contribution >= 4 is 11.7 Å². The number of anilines is 1. The van der Waals surface area contributed by atoms with Gasteiger partial charge in [-0.1, -0.05) is 24.3 Å². The van der Waals surface area contributed by atoms with E-state index in [-0.39, 0.29) is 6.03 Å². The molecule has 0 aliphatic heterocycles. The Labute approximate surface area is 200 Å². The van der Waals surface area contributed by atoms with E-state index in [1.54, 1.807) is 31.3 Å². The summed E-state index contributed by atoms with van der Waals surface area (Å²) in [5.74, 6) is 2.87. The fourth-order valence-corrected chi connectivity index (χ4v) is 3.46. The number of nitrogens with one attached hydrogen (secondary N) is 1. The van der Waals surface area contributed by atoms with Crippen LogP contribution in [0.3, 0.4) is 0 Å². The molecule has 0 bridgehead atoms. The topological polar surface area (TPSA) is 78.5 Å². The van der Waals surface area contributed by atoms with Crippen molar-refractivity contribution in [3.05, 3.63) is 71.8 Å². The van der Waals surface area contributed by atoms with Crippen LogP contribution in [0.25, 0.3) is 0 Å². The molecule has 0 heterocycles. The second-order valence-corrected chi connectivity index (χ2v) is 7.40. The summed E-state index contributed by atoms with van der Waals surface area (Å²) in [6, 6.07) is 18.3. The summed E-state index contributed by atoms with van der Waals surface area (Å²) in [4.78, 5) is 15.1. The molecule has 0 aromatic heterocycles. The number of nitrogens with zero attached hydrogens (tertiary/aromatic N) is 1. The lowest BCUT2D eigenvalue weighted by atomic mass is 10.1. The van der Waals surface area contributed by atoms with Crippen molar-refractivity contribution < 1.29 is 28.5 Å². The zero-order chi connectivity index (χ0) is 24.5. The van der Waals surface area contributed by atoms with E-state index in [2.05, 4.69) is 5.32 Å². The van der Waals surface area contributed by atoms with Crippen LogP contribution in [-0.2, 0) is 13.1 Å². The van der Waals surface area contributed by atoms with Gasteiger partial charge in [-0.05, 0) is 35.4 Å². The fourth-order valence-electron chi connectivity index (χ4n) is 3.46. The van der Waals surface area contributed by atoms with Gasteiger partial charge < -0.3 is 33.9 Å². The first-order valence-electron chi connectivity index (χ1n) is 10.6. The quantitative estimate of drug-likeness (QED) is 0.455. The molecule has 0 unspecified atom stereocenters. The molecule has 0 radical (unpaired) electrons. The standard InChI is InChI=1S/C26H30N2O6/c1-30-21-10-6-18(7-11-21)16-28(17-19-8-12-22(31-2)13-9-19)26(29)27-20-14-23(32-3)25(34-5)24(15-20)33-4/h6-15H,16-17H2,1-5H3,(H,27,29). The van der Waals surface area contributed by atoms with E-state index in [0.29, 0.717) is 36.0 Å². The van der Waals surface area contributed by atoms with Gasteiger partial charge in [0.1, 0.15) is 11.5 Å². The summed E-state index contributed by atoms with van der Waals surface area (Å²) in [6.45, 7) is 0.790. The van der Waals surface area contributed by atoms with E-state index in [0.717, 1.165) is 22.6 Å². The van der Waals surface area contributed by atoms with Crippen molar-refractivity contribution in [2.24, 2.45) is 0 Å². The van der Waals surface area contributed by atoms with Gasteiger partial charge >= 0.3 is 6.03 Å². The smallest absolute Gasteiger partial charge is 0.322 e. The molecule has 3 rings (SSSR count). The molecule has 8 heteroatoms. The largest absolute Gasteiger partial charge is 0.497 e. The Morgan fingerprint density at radius 1 is 0.676 bits per heavy atom. The molecule has 0 fully saturated rings. The monoisotopic (exact) mass is 466 g/mol. The molecule has 2 amide bonds. The molecule has 0 aliphatic carbocycles. The summed E-state index contributed by atoms with van der Waals surface area (Å²) in [5.41, 5.74) is 2.46. The number of carbonyl (C=O) groups is 1. The summed E-state index contributed by atoms with van der Waals surface area (Å²) in [6.07, 6.45) is 0. The van der Waals surface area contributed by atoms with Gasteiger partial charge in [0.05, 0.1) is 41.2 Å². The van der Waals surface area contributed by atoms with Crippen molar-refractivity contribution in [2.45, 2.75) is 13.1 Å². The summed E-state index contributed by atoms with van der Waals surface area (Å²) in [7, 11) is 7.83. The SMILES string of the molecule is COc1ccc(CN(Cc2ccc(OC)cc2)C(=O)Nc2cc(OC)c(OC)c(OC)c2)cc1. The van der Waals surface area contributed by atoms with E-state index in [4.69, 9.17) is 23.7 Å². The average molecular weight is 467 g/mol. The van der Waals surface area contributed by atoms with Gasteiger partial charge in [-0.3, -0.25) is 0 Å². The van der Waals surface area contributed by atoms with E-state index in [1.165, 1.54) is 21.3 Å². The third-order valence-corrected chi connectivity index (χ3v) is 5.27. The molecule has 0 saturated heterocycles. The van der Waals surface area contributed by atoms with Crippen molar-refractivity contribution in [1.82, 2.24) is 4.90 Å². The third-order valence-electron chi connectivity index (χ3n) is 5.27. The Hall–Kier alpha value is -4.07. The van der Waals surface area contributed by atoms with Gasteiger partial charge in [0.15, 0.2) is 11.5 Å². The number of carbonyl (C=O) groups excluding carboxylic acids is 1. The molecule has 3 aromatic rings. The van der Waals surface area contributed by atoms with E-state index in [1.807, 2.05) is 48.5 Å². The normalized spacial score (nSPS) is 10.3. The van der Waals surface area contributed by atoms with Crippen LogP contribution in [-0.4, -0.2) is 46.5 Å². The molecule has 3 aromatic carbocycles. The zero-order valence-corrected chi connectivity index (χ0v) is 20.1. The maximum absolute atomic E-state index is 13.4. The minimum atomic E-state index is -0.277. The van der Waals surface area contributed by atoms with E-state index < -0.39 is 0 Å². The maximum atomic E-state index is 13.4. The van der Waals surface area contributed by atoms with E-state index >= 15 is 0 Å². The van der Waals surface area contributed by atoms with Crippen LogP contribution >= 0.6 is 0 Å². The molecule has 180 valence electrons. The Balaban J connectivity index is 1.86. The lowest BCUT2D eigenvalue weighted by Crippen LogP contribution is -2.34. The van der Waals surface area contributed by atoms with Crippen molar-refractivity contribution in [1.29, 1.82) is 0 Å². The minimum absolute atomic E-state index is 0.277. The molecule has 0 atom stereocenters. The second-order valence-electron chi connectivity index (χ2n) is 7.40. The van der Waals surface area contributed by atoms with Crippen LogP contribution in [0.1, 0.15) is 11.1 Å². The predicted molar refractivity (Wildman–Crippen MR) is 130 cm³/mol. The Morgan fingerprint density at radius 3 is 1.47 bits per heavy atom. The first-order valence-corrected chi connectivity index (χ1v) is 10.6. The highest BCUT2D eigenvalue weighted by atomic mass is 16.5. The first-order chi connectivity index (χ1) is 16.5. The molecule has 0 aliphatic rings. The van der Waals surface area contributed by atoms with Crippen molar-refractivity contribution in [3.8, 4) is 28.7 Å². The highest BCUT2D eigenvalue weighted by molar-refractivity contribution is 5.90.